The fourth-order valence-corrected chi connectivity index (χ4v) is 3.42. The van der Waals surface area contributed by atoms with Crippen LogP contribution in [-0.4, -0.2) is 47.8 Å². The second-order valence-electron chi connectivity index (χ2n) is 6.41. The highest BCUT2D eigenvalue weighted by Crippen LogP contribution is 2.29. The molecule has 1 fully saturated rings. The minimum atomic E-state index is -4.48. The van der Waals surface area contributed by atoms with E-state index in [-0.39, 0.29) is 47.4 Å². The van der Waals surface area contributed by atoms with Crippen LogP contribution in [0.15, 0.2) is 36.4 Å². The normalized spacial score (nSPS) is 14.8. The molecular weight excluding hydrogens is 435 g/mol. The van der Waals surface area contributed by atoms with Crippen LogP contribution in [0.1, 0.15) is 26.3 Å². The van der Waals surface area contributed by atoms with Crippen LogP contribution in [-0.2, 0) is 6.18 Å². The topological polar surface area (TPSA) is 40.6 Å². The summed E-state index contributed by atoms with van der Waals surface area (Å²) in [4.78, 5) is 27.9. The summed E-state index contributed by atoms with van der Waals surface area (Å²) in [5.74, 6) is -1.69. The van der Waals surface area contributed by atoms with E-state index in [4.69, 9.17) is 23.2 Å². The van der Waals surface area contributed by atoms with Crippen molar-refractivity contribution in [3.05, 3.63) is 69.0 Å². The van der Waals surface area contributed by atoms with Gasteiger partial charge >= 0.3 is 6.18 Å². The molecule has 0 atom stereocenters. The summed E-state index contributed by atoms with van der Waals surface area (Å²) in [6.07, 6.45) is -4.48. The molecule has 0 aliphatic carbocycles. The zero-order valence-electron chi connectivity index (χ0n) is 14.8. The molecule has 0 bridgehead atoms. The molecule has 0 unspecified atom stereocenters. The zero-order chi connectivity index (χ0) is 21.3. The Morgan fingerprint density at radius 1 is 0.828 bits per heavy atom. The largest absolute Gasteiger partial charge is 0.416 e. The molecule has 0 aromatic heterocycles. The average molecular weight is 449 g/mol. The fourth-order valence-electron chi connectivity index (χ4n) is 2.95. The van der Waals surface area contributed by atoms with Crippen molar-refractivity contribution in [2.45, 2.75) is 6.18 Å². The number of hydrogen-bond donors (Lipinski definition) is 0. The first-order valence-electron chi connectivity index (χ1n) is 8.48. The summed E-state index contributed by atoms with van der Waals surface area (Å²) in [6.45, 7) is 0.705. The van der Waals surface area contributed by atoms with Gasteiger partial charge in [0.25, 0.3) is 11.8 Å². The standard InChI is InChI=1S/C19H14Cl2F4N2O2/c20-14-10-15(21)16(22)9-13(14)18(29)27-7-5-26(6-8-27)17(28)11-1-3-12(4-2-11)19(23,24)25/h1-4,9-10H,5-8H2. The maximum atomic E-state index is 13.7. The molecule has 1 aliphatic rings. The van der Waals surface area contributed by atoms with Crippen LogP contribution in [0.4, 0.5) is 17.6 Å². The van der Waals surface area contributed by atoms with Crippen LogP contribution >= 0.6 is 23.2 Å². The first-order valence-corrected chi connectivity index (χ1v) is 9.24. The van der Waals surface area contributed by atoms with Gasteiger partial charge in [0.05, 0.1) is 21.2 Å². The summed E-state index contributed by atoms with van der Waals surface area (Å²) < 4.78 is 51.6. The summed E-state index contributed by atoms with van der Waals surface area (Å²) in [6, 6.07) is 6.06. The highest BCUT2D eigenvalue weighted by molar-refractivity contribution is 6.36. The van der Waals surface area contributed by atoms with Gasteiger partial charge in [-0.2, -0.15) is 13.2 Å². The third kappa shape index (κ3) is 4.64. The smallest absolute Gasteiger partial charge is 0.335 e. The maximum Gasteiger partial charge on any atom is 0.416 e. The molecule has 0 radical (unpaired) electrons. The van der Waals surface area contributed by atoms with Gasteiger partial charge in [-0.25, -0.2) is 4.39 Å². The van der Waals surface area contributed by atoms with Crippen molar-refractivity contribution in [1.29, 1.82) is 0 Å². The second-order valence-corrected chi connectivity index (χ2v) is 7.22. The number of piperazine rings is 1. The fraction of sp³-hybridized carbons (Fsp3) is 0.263. The number of amides is 2. The summed E-state index contributed by atoms with van der Waals surface area (Å²) in [5, 5.41) is -0.178. The Kier molecular flexibility index (Phi) is 6.05. The van der Waals surface area contributed by atoms with Gasteiger partial charge in [-0.05, 0) is 36.4 Å². The second kappa shape index (κ2) is 8.20. The van der Waals surface area contributed by atoms with E-state index >= 15 is 0 Å². The van der Waals surface area contributed by atoms with Crippen molar-refractivity contribution in [3.8, 4) is 0 Å². The van der Waals surface area contributed by atoms with E-state index < -0.39 is 29.4 Å². The lowest BCUT2D eigenvalue weighted by atomic mass is 10.1. The Morgan fingerprint density at radius 3 is 1.86 bits per heavy atom. The van der Waals surface area contributed by atoms with Crippen molar-refractivity contribution in [1.82, 2.24) is 9.80 Å². The first-order chi connectivity index (χ1) is 13.6. The highest BCUT2D eigenvalue weighted by Gasteiger charge is 2.31. The van der Waals surface area contributed by atoms with E-state index in [2.05, 4.69) is 0 Å². The third-order valence-corrected chi connectivity index (χ3v) is 5.16. The molecule has 3 rings (SSSR count). The molecule has 2 aromatic rings. The molecule has 154 valence electrons. The van der Waals surface area contributed by atoms with Crippen molar-refractivity contribution in [3.63, 3.8) is 0 Å². The first kappa shape index (κ1) is 21.4. The monoisotopic (exact) mass is 448 g/mol. The van der Waals surface area contributed by atoms with Gasteiger partial charge in [0, 0.05) is 31.7 Å². The molecule has 0 spiro atoms. The SMILES string of the molecule is O=C(c1ccc(C(F)(F)F)cc1)N1CCN(C(=O)c2cc(F)c(Cl)cc2Cl)CC1. The predicted molar refractivity (Wildman–Crippen MR) is 99.7 cm³/mol. The van der Waals surface area contributed by atoms with Crippen LogP contribution in [0.25, 0.3) is 0 Å². The van der Waals surface area contributed by atoms with Crippen molar-refractivity contribution < 1.29 is 27.2 Å². The average Bonchev–Trinajstić information content (AvgIpc) is 2.69. The number of rotatable bonds is 2. The summed E-state index contributed by atoms with van der Waals surface area (Å²) in [5.41, 5.74) is -0.742. The Hall–Kier alpha value is -2.32. The minimum Gasteiger partial charge on any atom is -0.335 e. The summed E-state index contributed by atoms with van der Waals surface area (Å²) >= 11 is 11.6. The molecule has 0 N–H and O–H groups in total. The lowest BCUT2D eigenvalue weighted by Crippen LogP contribution is -2.50. The Labute approximate surface area is 173 Å². The number of carbonyl (C=O) groups is 2. The Balaban J connectivity index is 1.65. The lowest BCUT2D eigenvalue weighted by Gasteiger charge is -2.35. The molecular formula is C19H14Cl2F4N2O2. The third-order valence-electron chi connectivity index (χ3n) is 4.55. The van der Waals surface area contributed by atoms with Crippen LogP contribution in [0.2, 0.25) is 10.0 Å². The Morgan fingerprint density at radius 2 is 1.34 bits per heavy atom. The van der Waals surface area contributed by atoms with Gasteiger partial charge in [-0.1, -0.05) is 23.2 Å². The van der Waals surface area contributed by atoms with Gasteiger partial charge < -0.3 is 9.80 Å². The number of benzene rings is 2. The number of alkyl halides is 3. The van der Waals surface area contributed by atoms with Crippen molar-refractivity contribution in [2.24, 2.45) is 0 Å². The van der Waals surface area contributed by atoms with Gasteiger partial charge in [0.1, 0.15) is 5.82 Å². The quantitative estimate of drug-likeness (QED) is 0.491. The van der Waals surface area contributed by atoms with Crippen LogP contribution in [0, 0.1) is 5.82 Å². The highest BCUT2D eigenvalue weighted by atomic mass is 35.5. The van der Waals surface area contributed by atoms with Gasteiger partial charge in [-0.3, -0.25) is 9.59 Å². The van der Waals surface area contributed by atoms with Gasteiger partial charge in [0.15, 0.2) is 0 Å². The lowest BCUT2D eigenvalue weighted by molar-refractivity contribution is -0.137. The van der Waals surface area contributed by atoms with Gasteiger partial charge in [0.2, 0.25) is 0 Å². The predicted octanol–water partition coefficient (Wildman–Crippen LogP) is 4.75. The molecule has 1 aliphatic heterocycles. The maximum absolute atomic E-state index is 13.7. The van der Waals surface area contributed by atoms with E-state index in [9.17, 15) is 27.2 Å². The van der Waals surface area contributed by atoms with E-state index in [1.54, 1.807) is 0 Å². The zero-order valence-corrected chi connectivity index (χ0v) is 16.3. The van der Waals surface area contributed by atoms with Crippen molar-refractivity contribution in [2.75, 3.05) is 26.2 Å². The van der Waals surface area contributed by atoms with E-state index in [1.165, 1.54) is 9.80 Å². The number of halogens is 6. The molecule has 4 nitrogen and oxygen atoms in total. The van der Waals surface area contributed by atoms with E-state index in [1.807, 2.05) is 0 Å². The molecule has 10 heteroatoms. The molecule has 2 amide bonds. The van der Waals surface area contributed by atoms with Crippen LogP contribution in [0.3, 0.4) is 0 Å². The molecule has 0 saturated carbocycles. The van der Waals surface area contributed by atoms with Gasteiger partial charge in [-0.15, -0.1) is 0 Å². The van der Waals surface area contributed by atoms with E-state index in [0.29, 0.717) is 0 Å². The Bertz CT molecular complexity index is 940. The van der Waals surface area contributed by atoms with Crippen molar-refractivity contribution >= 4 is 35.0 Å². The van der Waals surface area contributed by atoms with Crippen LogP contribution < -0.4 is 0 Å². The minimum absolute atomic E-state index is 0.0182. The molecule has 1 saturated heterocycles. The molecule has 2 aromatic carbocycles. The number of carbonyl (C=O) groups excluding carboxylic acids is 2. The van der Waals surface area contributed by atoms with E-state index in [0.717, 1.165) is 36.4 Å². The number of hydrogen-bond acceptors (Lipinski definition) is 2. The van der Waals surface area contributed by atoms with Crippen LogP contribution in [0.5, 0.6) is 0 Å². The molecule has 29 heavy (non-hydrogen) atoms. The summed E-state index contributed by atoms with van der Waals surface area (Å²) in [7, 11) is 0. The molecule has 1 heterocycles. The number of nitrogens with zero attached hydrogens (tertiary/aromatic N) is 2.